The molecular formula is C13H19NO2S. The maximum atomic E-state index is 11.7. The molecule has 0 aliphatic rings. The largest absolute Gasteiger partial charge is 0.508 e. The molecule has 94 valence electrons. The molecule has 17 heavy (non-hydrogen) atoms. The first-order valence-corrected chi connectivity index (χ1v) is 6.60. The summed E-state index contributed by atoms with van der Waals surface area (Å²) >= 11 is 1.49. The second-order valence-corrected chi connectivity index (χ2v) is 5.81. The minimum atomic E-state index is -0.127. The number of phenols is 1. The van der Waals surface area contributed by atoms with Crippen molar-refractivity contribution in [1.29, 1.82) is 0 Å². The molecule has 1 amide bonds. The second-order valence-electron chi connectivity index (χ2n) is 4.39. The highest BCUT2D eigenvalue weighted by Crippen LogP contribution is 2.24. The topological polar surface area (TPSA) is 49.3 Å². The van der Waals surface area contributed by atoms with Crippen LogP contribution in [0.5, 0.6) is 5.75 Å². The van der Waals surface area contributed by atoms with Gasteiger partial charge in [0.25, 0.3) is 0 Å². The highest BCUT2D eigenvalue weighted by atomic mass is 32.2. The first-order chi connectivity index (χ1) is 7.99. The first-order valence-electron chi connectivity index (χ1n) is 5.72. The lowest BCUT2D eigenvalue weighted by molar-refractivity contribution is -0.120. The Kier molecular flexibility index (Phi) is 5.35. The Morgan fingerprint density at radius 2 is 1.88 bits per heavy atom. The van der Waals surface area contributed by atoms with Gasteiger partial charge in [-0.3, -0.25) is 4.79 Å². The van der Waals surface area contributed by atoms with Crippen LogP contribution in [-0.2, 0) is 4.79 Å². The predicted octanol–water partition coefficient (Wildman–Crippen LogP) is 2.65. The van der Waals surface area contributed by atoms with Crippen LogP contribution in [-0.4, -0.2) is 22.8 Å². The number of phenolic OH excluding ortho intramolecular Hbond substituents is 1. The lowest BCUT2D eigenvalue weighted by Crippen LogP contribution is -2.33. The number of benzene rings is 1. The zero-order valence-corrected chi connectivity index (χ0v) is 11.3. The van der Waals surface area contributed by atoms with Crippen molar-refractivity contribution in [3.8, 4) is 5.75 Å². The van der Waals surface area contributed by atoms with Crippen molar-refractivity contribution in [3.63, 3.8) is 0 Å². The van der Waals surface area contributed by atoms with Gasteiger partial charge < -0.3 is 10.4 Å². The van der Waals surface area contributed by atoms with E-state index in [2.05, 4.69) is 19.2 Å². The molecule has 3 nitrogen and oxygen atoms in total. The summed E-state index contributed by atoms with van der Waals surface area (Å²) in [7, 11) is 0. The molecule has 0 saturated carbocycles. The van der Waals surface area contributed by atoms with Crippen molar-refractivity contribution < 1.29 is 9.90 Å². The fourth-order valence-corrected chi connectivity index (χ4v) is 2.12. The molecule has 0 heterocycles. The molecule has 1 aromatic carbocycles. The normalized spacial score (nSPS) is 12.5. The maximum Gasteiger partial charge on any atom is 0.233 e. The van der Waals surface area contributed by atoms with Gasteiger partial charge in [-0.05, 0) is 37.1 Å². The molecule has 1 aromatic rings. The Bertz CT molecular complexity index is 362. The summed E-state index contributed by atoms with van der Waals surface area (Å²) in [6, 6.07) is 6.88. The van der Waals surface area contributed by atoms with Crippen LogP contribution < -0.4 is 5.32 Å². The van der Waals surface area contributed by atoms with E-state index in [1.807, 2.05) is 19.1 Å². The molecule has 0 aliphatic carbocycles. The molecule has 0 aliphatic heterocycles. The highest BCUT2D eigenvalue weighted by Gasteiger charge is 2.14. The van der Waals surface area contributed by atoms with Gasteiger partial charge in [-0.1, -0.05) is 13.8 Å². The molecular weight excluding hydrogens is 234 g/mol. The van der Waals surface area contributed by atoms with Crippen LogP contribution >= 0.6 is 11.8 Å². The Morgan fingerprint density at radius 3 is 2.41 bits per heavy atom. The van der Waals surface area contributed by atoms with Crippen molar-refractivity contribution in [1.82, 2.24) is 5.32 Å². The molecule has 1 unspecified atom stereocenters. The van der Waals surface area contributed by atoms with Gasteiger partial charge in [0.2, 0.25) is 5.91 Å². The zero-order valence-electron chi connectivity index (χ0n) is 10.4. The molecule has 0 radical (unpaired) electrons. The predicted molar refractivity (Wildman–Crippen MR) is 71.3 cm³/mol. The van der Waals surface area contributed by atoms with Gasteiger partial charge in [-0.25, -0.2) is 0 Å². The summed E-state index contributed by atoms with van der Waals surface area (Å²) in [5, 5.41) is 11.9. The maximum absolute atomic E-state index is 11.7. The summed E-state index contributed by atoms with van der Waals surface area (Å²) in [5.41, 5.74) is 0. The van der Waals surface area contributed by atoms with Gasteiger partial charge in [0.1, 0.15) is 5.75 Å². The molecule has 0 aromatic heterocycles. The van der Waals surface area contributed by atoms with Crippen LogP contribution in [0.15, 0.2) is 29.2 Å². The number of rotatable bonds is 5. The van der Waals surface area contributed by atoms with E-state index in [0.29, 0.717) is 12.5 Å². The van der Waals surface area contributed by atoms with Crippen LogP contribution in [0.1, 0.15) is 20.8 Å². The van der Waals surface area contributed by atoms with Crippen molar-refractivity contribution in [2.75, 3.05) is 6.54 Å². The molecule has 0 fully saturated rings. The lowest BCUT2D eigenvalue weighted by Gasteiger charge is -2.13. The number of carbonyl (C=O) groups is 1. The van der Waals surface area contributed by atoms with Crippen molar-refractivity contribution >= 4 is 17.7 Å². The number of carbonyl (C=O) groups excluding carboxylic acids is 1. The number of hydrogen-bond acceptors (Lipinski definition) is 3. The molecule has 2 N–H and O–H groups in total. The van der Waals surface area contributed by atoms with Crippen LogP contribution in [0, 0.1) is 5.92 Å². The summed E-state index contributed by atoms with van der Waals surface area (Å²) in [5.74, 6) is 0.757. The number of hydrogen-bond donors (Lipinski definition) is 2. The van der Waals surface area contributed by atoms with Gasteiger partial charge in [0, 0.05) is 11.4 Å². The third-order valence-electron chi connectivity index (χ3n) is 2.20. The van der Waals surface area contributed by atoms with E-state index in [0.717, 1.165) is 4.90 Å². The van der Waals surface area contributed by atoms with Gasteiger partial charge in [-0.2, -0.15) is 0 Å². The molecule has 1 atom stereocenters. The first kappa shape index (κ1) is 13.9. The second kappa shape index (κ2) is 6.55. The minimum Gasteiger partial charge on any atom is -0.508 e. The Hall–Kier alpha value is -1.16. The van der Waals surface area contributed by atoms with Crippen molar-refractivity contribution in [2.45, 2.75) is 30.9 Å². The number of thioether (sulfide) groups is 1. The van der Waals surface area contributed by atoms with Crippen molar-refractivity contribution in [2.24, 2.45) is 5.92 Å². The van der Waals surface area contributed by atoms with E-state index < -0.39 is 0 Å². The van der Waals surface area contributed by atoms with Crippen LogP contribution in [0.2, 0.25) is 0 Å². The highest BCUT2D eigenvalue weighted by molar-refractivity contribution is 8.00. The minimum absolute atomic E-state index is 0.0526. The third kappa shape index (κ3) is 5.13. The van der Waals surface area contributed by atoms with Crippen LogP contribution in [0.4, 0.5) is 0 Å². The summed E-state index contributed by atoms with van der Waals surface area (Å²) < 4.78 is 0. The average Bonchev–Trinajstić information content (AvgIpc) is 2.28. The smallest absolute Gasteiger partial charge is 0.233 e. The molecule has 0 saturated heterocycles. The SMILES string of the molecule is CC(C)CNC(=O)C(C)Sc1ccc(O)cc1. The lowest BCUT2D eigenvalue weighted by atomic mass is 10.2. The van der Waals surface area contributed by atoms with Crippen LogP contribution in [0.3, 0.4) is 0 Å². The molecule has 4 heteroatoms. The van der Waals surface area contributed by atoms with Gasteiger partial charge >= 0.3 is 0 Å². The van der Waals surface area contributed by atoms with Crippen molar-refractivity contribution in [3.05, 3.63) is 24.3 Å². The van der Waals surface area contributed by atoms with E-state index in [4.69, 9.17) is 5.11 Å². The number of amides is 1. The fraction of sp³-hybridized carbons (Fsp3) is 0.462. The monoisotopic (exact) mass is 253 g/mol. The standard InChI is InChI=1S/C13H19NO2S/c1-9(2)8-14-13(16)10(3)17-12-6-4-11(15)5-7-12/h4-7,9-10,15H,8H2,1-3H3,(H,14,16). The molecule has 1 rings (SSSR count). The van der Waals surface area contributed by atoms with E-state index in [1.165, 1.54) is 11.8 Å². The van der Waals surface area contributed by atoms with Crippen LogP contribution in [0.25, 0.3) is 0 Å². The Labute approximate surface area is 107 Å². The molecule has 0 spiro atoms. The average molecular weight is 253 g/mol. The zero-order chi connectivity index (χ0) is 12.8. The van der Waals surface area contributed by atoms with Gasteiger partial charge in [-0.15, -0.1) is 11.8 Å². The van der Waals surface area contributed by atoms with Gasteiger partial charge in [0.05, 0.1) is 5.25 Å². The summed E-state index contributed by atoms with van der Waals surface area (Å²) in [4.78, 5) is 12.7. The fourth-order valence-electron chi connectivity index (χ4n) is 1.23. The van der Waals surface area contributed by atoms with E-state index in [-0.39, 0.29) is 16.9 Å². The quantitative estimate of drug-likeness (QED) is 0.793. The Morgan fingerprint density at radius 1 is 1.29 bits per heavy atom. The Balaban J connectivity index is 2.45. The third-order valence-corrected chi connectivity index (χ3v) is 3.32. The van der Waals surface area contributed by atoms with E-state index in [9.17, 15) is 4.79 Å². The number of aromatic hydroxyl groups is 1. The number of nitrogens with one attached hydrogen (secondary N) is 1. The van der Waals surface area contributed by atoms with E-state index in [1.54, 1.807) is 12.1 Å². The summed E-state index contributed by atoms with van der Waals surface area (Å²) in [6.45, 7) is 6.72. The van der Waals surface area contributed by atoms with Gasteiger partial charge in [0.15, 0.2) is 0 Å². The summed E-state index contributed by atoms with van der Waals surface area (Å²) in [6.07, 6.45) is 0. The van der Waals surface area contributed by atoms with E-state index >= 15 is 0 Å². The molecule has 0 bridgehead atoms.